The van der Waals surface area contributed by atoms with E-state index in [4.69, 9.17) is 0 Å². The molecule has 0 saturated heterocycles. The van der Waals surface area contributed by atoms with Crippen LogP contribution < -0.4 is 10.9 Å². The van der Waals surface area contributed by atoms with Gasteiger partial charge in [-0.3, -0.25) is 9.59 Å². The molecule has 0 saturated carbocycles. The fourth-order valence-corrected chi connectivity index (χ4v) is 3.90. The molecule has 0 bridgehead atoms. The van der Waals surface area contributed by atoms with Gasteiger partial charge in [-0.15, -0.1) is 11.3 Å². The zero-order valence-electron chi connectivity index (χ0n) is 15.3. The Morgan fingerprint density at radius 1 is 1.03 bits per heavy atom. The Morgan fingerprint density at radius 2 is 1.77 bits per heavy atom. The fraction of sp³-hybridized carbons (Fsp3) is 0.0952. The van der Waals surface area contributed by atoms with Gasteiger partial charge in [-0.2, -0.15) is 13.2 Å². The maximum Gasteiger partial charge on any atom is 0.421 e. The molecule has 152 valence electrons. The molecule has 2 aromatic heterocycles. The van der Waals surface area contributed by atoms with Crippen molar-refractivity contribution in [1.82, 2.24) is 9.55 Å². The summed E-state index contributed by atoms with van der Waals surface area (Å²) in [5.41, 5.74) is -0.320. The first-order valence-corrected chi connectivity index (χ1v) is 9.65. The third-order valence-corrected chi connectivity index (χ3v) is 5.43. The predicted molar refractivity (Wildman–Crippen MR) is 109 cm³/mol. The van der Waals surface area contributed by atoms with E-state index in [1.165, 1.54) is 0 Å². The zero-order valence-corrected chi connectivity index (χ0v) is 16.1. The molecular weight excluding hydrogens is 415 g/mol. The molecule has 0 aliphatic rings. The highest BCUT2D eigenvalue weighted by molar-refractivity contribution is 7.21. The molecule has 4 rings (SSSR count). The Kier molecular flexibility index (Phi) is 5.13. The lowest BCUT2D eigenvalue weighted by Gasteiger charge is -2.11. The number of aromatic nitrogens is 2. The lowest BCUT2D eigenvalue weighted by atomic mass is 10.2. The number of para-hydroxylation sites is 1. The van der Waals surface area contributed by atoms with Gasteiger partial charge in [0.25, 0.3) is 5.56 Å². The topological polar surface area (TPSA) is 64.0 Å². The van der Waals surface area contributed by atoms with E-state index in [0.717, 1.165) is 37.6 Å². The van der Waals surface area contributed by atoms with Crippen molar-refractivity contribution in [3.8, 4) is 10.6 Å². The van der Waals surface area contributed by atoms with Gasteiger partial charge in [0.1, 0.15) is 17.1 Å². The predicted octanol–water partition coefficient (Wildman–Crippen LogP) is 4.78. The monoisotopic (exact) mass is 429 g/mol. The van der Waals surface area contributed by atoms with Crippen LogP contribution in [0.15, 0.2) is 71.7 Å². The van der Waals surface area contributed by atoms with Crippen LogP contribution in [0.5, 0.6) is 0 Å². The molecule has 0 fully saturated rings. The van der Waals surface area contributed by atoms with Crippen molar-refractivity contribution in [2.75, 3.05) is 5.32 Å². The largest absolute Gasteiger partial charge is 0.421 e. The number of carbonyl (C=O) groups is 1. The van der Waals surface area contributed by atoms with Crippen molar-refractivity contribution in [3.05, 3.63) is 82.8 Å². The Hall–Kier alpha value is -3.46. The number of rotatable bonds is 4. The van der Waals surface area contributed by atoms with E-state index in [2.05, 4.69) is 10.3 Å². The van der Waals surface area contributed by atoms with Crippen molar-refractivity contribution in [3.63, 3.8) is 0 Å². The second-order valence-electron chi connectivity index (χ2n) is 6.46. The molecule has 0 spiro atoms. The molecule has 4 aromatic rings. The van der Waals surface area contributed by atoms with Crippen LogP contribution in [-0.2, 0) is 17.5 Å². The van der Waals surface area contributed by atoms with Crippen molar-refractivity contribution in [1.29, 1.82) is 0 Å². The number of amides is 1. The Balaban J connectivity index is 1.47. The molecule has 0 unspecified atom stereocenters. The second kappa shape index (κ2) is 7.75. The quantitative estimate of drug-likeness (QED) is 0.508. The van der Waals surface area contributed by atoms with Gasteiger partial charge in [0.2, 0.25) is 5.91 Å². The van der Waals surface area contributed by atoms with Crippen LogP contribution in [0.2, 0.25) is 0 Å². The third kappa shape index (κ3) is 4.11. The zero-order chi connectivity index (χ0) is 21.3. The highest BCUT2D eigenvalue weighted by atomic mass is 32.1. The molecule has 5 nitrogen and oxygen atoms in total. The number of anilines is 1. The smallest absolute Gasteiger partial charge is 0.325 e. The average molecular weight is 429 g/mol. The first-order valence-electron chi connectivity index (χ1n) is 8.84. The summed E-state index contributed by atoms with van der Waals surface area (Å²) in [6.45, 7) is -0.525. The number of fused-ring (bicyclic) bond motifs is 1. The maximum atomic E-state index is 12.8. The average Bonchev–Trinajstić information content (AvgIpc) is 3.13. The van der Waals surface area contributed by atoms with Gasteiger partial charge in [-0.05, 0) is 48.5 Å². The van der Waals surface area contributed by atoms with Gasteiger partial charge in [0, 0.05) is 17.4 Å². The highest BCUT2D eigenvalue weighted by Crippen LogP contribution is 2.30. The minimum Gasteiger partial charge on any atom is -0.325 e. The SMILES string of the molecule is O=C(Cn1cccc(C(F)(F)F)c1=O)Nc1ccc(-c2nc3ccccc3s2)cc1. The summed E-state index contributed by atoms with van der Waals surface area (Å²) in [4.78, 5) is 28.7. The lowest BCUT2D eigenvalue weighted by Crippen LogP contribution is -2.31. The van der Waals surface area contributed by atoms with Gasteiger partial charge < -0.3 is 9.88 Å². The molecule has 2 heterocycles. The number of halogens is 3. The first-order chi connectivity index (χ1) is 14.3. The number of carbonyl (C=O) groups excluding carboxylic acids is 1. The molecule has 30 heavy (non-hydrogen) atoms. The first kappa shape index (κ1) is 19.8. The number of pyridine rings is 1. The van der Waals surface area contributed by atoms with E-state index < -0.39 is 29.8 Å². The molecule has 2 aromatic carbocycles. The second-order valence-corrected chi connectivity index (χ2v) is 7.50. The number of alkyl halides is 3. The summed E-state index contributed by atoms with van der Waals surface area (Å²) >= 11 is 1.55. The van der Waals surface area contributed by atoms with Crippen LogP contribution in [0.3, 0.4) is 0 Å². The van der Waals surface area contributed by atoms with E-state index in [-0.39, 0.29) is 0 Å². The van der Waals surface area contributed by atoms with Crippen LogP contribution in [0, 0.1) is 0 Å². The molecule has 1 amide bonds. The van der Waals surface area contributed by atoms with Gasteiger partial charge >= 0.3 is 6.18 Å². The molecule has 1 N–H and O–H groups in total. The van der Waals surface area contributed by atoms with Crippen LogP contribution in [-0.4, -0.2) is 15.5 Å². The summed E-state index contributed by atoms with van der Waals surface area (Å²) in [5.74, 6) is -0.607. The lowest BCUT2D eigenvalue weighted by molar-refractivity contribution is -0.139. The van der Waals surface area contributed by atoms with Crippen LogP contribution >= 0.6 is 11.3 Å². The summed E-state index contributed by atoms with van der Waals surface area (Å²) in [7, 11) is 0. The number of nitrogens with zero attached hydrogens (tertiary/aromatic N) is 2. The standard InChI is InChI=1S/C21H14F3N3O2S/c22-21(23,24)15-4-3-11-27(20(15)29)12-18(28)25-14-9-7-13(8-10-14)19-26-16-5-1-2-6-17(16)30-19/h1-11H,12H2,(H,25,28). The number of hydrogen-bond donors (Lipinski definition) is 1. The van der Waals surface area contributed by atoms with Crippen molar-refractivity contribution in [2.24, 2.45) is 0 Å². The van der Waals surface area contributed by atoms with Crippen LogP contribution in [0.4, 0.5) is 18.9 Å². The molecule has 0 aliphatic carbocycles. The molecule has 0 aliphatic heterocycles. The van der Waals surface area contributed by atoms with Crippen LogP contribution in [0.1, 0.15) is 5.56 Å². The summed E-state index contributed by atoms with van der Waals surface area (Å²) in [5, 5.41) is 3.42. The normalized spacial score (nSPS) is 11.6. The van der Waals surface area contributed by atoms with Crippen LogP contribution in [0.25, 0.3) is 20.8 Å². The highest BCUT2D eigenvalue weighted by Gasteiger charge is 2.34. The van der Waals surface area contributed by atoms with Crippen molar-refractivity contribution >= 4 is 33.1 Å². The molecule has 9 heteroatoms. The fourth-order valence-electron chi connectivity index (χ4n) is 2.92. The Bertz CT molecular complexity index is 1240. The number of thiazole rings is 1. The summed E-state index contributed by atoms with van der Waals surface area (Å²) < 4.78 is 40.3. The van der Waals surface area contributed by atoms with Gasteiger partial charge in [0.05, 0.1) is 10.2 Å². The van der Waals surface area contributed by atoms with E-state index in [1.54, 1.807) is 35.6 Å². The molecular formula is C21H14F3N3O2S. The Morgan fingerprint density at radius 3 is 2.47 bits per heavy atom. The summed E-state index contributed by atoms with van der Waals surface area (Å²) in [6.07, 6.45) is -3.62. The molecule has 0 radical (unpaired) electrons. The Labute approximate surface area is 172 Å². The molecule has 0 atom stereocenters. The van der Waals surface area contributed by atoms with Gasteiger partial charge in [-0.1, -0.05) is 12.1 Å². The maximum absolute atomic E-state index is 12.8. The number of nitrogens with one attached hydrogen (secondary N) is 1. The summed E-state index contributed by atoms with van der Waals surface area (Å²) in [6, 6.07) is 16.5. The van der Waals surface area contributed by atoms with E-state index in [0.29, 0.717) is 11.8 Å². The minimum absolute atomic E-state index is 0.463. The number of benzene rings is 2. The third-order valence-electron chi connectivity index (χ3n) is 4.35. The van der Waals surface area contributed by atoms with Crippen molar-refractivity contribution in [2.45, 2.75) is 12.7 Å². The van der Waals surface area contributed by atoms with Crippen molar-refractivity contribution < 1.29 is 18.0 Å². The minimum atomic E-state index is -4.77. The van der Waals surface area contributed by atoms with E-state index in [1.807, 2.05) is 24.3 Å². The van der Waals surface area contributed by atoms with Gasteiger partial charge in [0.15, 0.2) is 0 Å². The number of hydrogen-bond acceptors (Lipinski definition) is 4. The van der Waals surface area contributed by atoms with Gasteiger partial charge in [-0.25, -0.2) is 4.98 Å². The van der Waals surface area contributed by atoms with E-state index in [9.17, 15) is 22.8 Å². The van der Waals surface area contributed by atoms with E-state index >= 15 is 0 Å².